The zero-order valence-electron chi connectivity index (χ0n) is 12.1. The number of nitrogens with one attached hydrogen (secondary N) is 1. The number of carbonyl (C=O) groups excluding carboxylic acids is 1. The number of carbonyl (C=O) groups is 1. The van der Waals surface area contributed by atoms with Crippen molar-refractivity contribution in [1.29, 1.82) is 0 Å². The molecule has 3 atom stereocenters. The molecular weight excluding hydrogens is 257 g/mol. The average Bonchev–Trinajstić information content (AvgIpc) is 2.41. The van der Waals surface area contributed by atoms with Crippen LogP contribution < -0.4 is 10.1 Å². The standard InChI is InChI=1S/C16H22FNO2/c1-11-6-3-4-9-15(11)18-16(19)12(2)20-14-8-5-7-13(17)10-14/h5,7-8,10-12,15H,3-4,6,9H2,1-2H3,(H,18,19). The van der Waals surface area contributed by atoms with E-state index in [0.717, 1.165) is 19.3 Å². The van der Waals surface area contributed by atoms with Crippen molar-refractivity contribution in [2.45, 2.75) is 51.7 Å². The summed E-state index contributed by atoms with van der Waals surface area (Å²) in [5.74, 6) is 0.391. The van der Waals surface area contributed by atoms with Crippen molar-refractivity contribution in [3.05, 3.63) is 30.1 Å². The minimum Gasteiger partial charge on any atom is -0.481 e. The third kappa shape index (κ3) is 3.95. The third-order valence-corrected chi connectivity index (χ3v) is 3.92. The van der Waals surface area contributed by atoms with Gasteiger partial charge >= 0.3 is 0 Å². The lowest BCUT2D eigenvalue weighted by Gasteiger charge is -2.30. The van der Waals surface area contributed by atoms with Crippen LogP contribution in [0, 0.1) is 11.7 Å². The molecule has 0 heterocycles. The normalized spacial score (nSPS) is 23.9. The topological polar surface area (TPSA) is 38.3 Å². The summed E-state index contributed by atoms with van der Waals surface area (Å²) in [5, 5.41) is 3.05. The molecule has 1 aromatic rings. The molecule has 1 N–H and O–H groups in total. The summed E-state index contributed by atoms with van der Waals surface area (Å²) >= 11 is 0. The molecule has 1 amide bonds. The quantitative estimate of drug-likeness (QED) is 0.918. The van der Waals surface area contributed by atoms with Gasteiger partial charge in [0, 0.05) is 12.1 Å². The zero-order chi connectivity index (χ0) is 14.5. The van der Waals surface area contributed by atoms with E-state index in [1.165, 1.54) is 18.6 Å². The van der Waals surface area contributed by atoms with Crippen molar-refractivity contribution < 1.29 is 13.9 Å². The number of halogens is 1. The van der Waals surface area contributed by atoms with Crippen molar-refractivity contribution in [2.75, 3.05) is 0 Å². The second-order valence-electron chi connectivity index (χ2n) is 5.59. The Morgan fingerprint density at radius 1 is 1.40 bits per heavy atom. The summed E-state index contributed by atoms with van der Waals surface area (Å²) in [6, 6.07) is 6.08. The fourth-order valence-electron chi connectivity index (χ4n) is 2.63. The van der Waals surface area contributed by atoms with Crippen LogP contribution in [0.5, 0.6) is 5.75 Å². The van der Waals surface area contributed by atoms with Crippen molar-refractivity contribution in [3.8, 4) is 5.75 Å². The van der Waals surface area contributed by atoms with Gasteiger partial charge in [0.1, 0.15) is 11.6 Å². The largest absolute Gasteiger partial charge is 0.481 e. The van der Waals surface area contributed by atoms with Crippen LogP contribution in [-0.4, -0.2) is 18.1 Å². The van der Waals surface area contributed by atoms with E-state index in [1.807, 2.05) is 0 Å². The van der Waals surface area contributed by atoms with Crippen molar-refractivity contribution in [2.24, 2.45) is 5.92 Å². The number of ether oxygens (including phenoxy) is 1. The third-order valence-electron chi connectivity index (χ3n) is 3.92. The monoisotopic (exact) mass is 279 g/mol. The van der Waals surface area contributed by atoms with Gasteiger partial charge in [-0.3, -0.25) is 4.79 Å². The molecule has 0 spiro atoms. The maximum absolute atomic E-state index is 13.1. The SMILES string of the molecule is CC(Oc1cccc(F)c1)C(=O)NC1CCCCC1C. The Morgan fingerprint density at radius 2 is 2.15 bits per heavy atom. The molecule has 0 radical (unpaired) electrons. The number of hydrogen-bond acceptors (Lipinski definition) is 2. The molecule has 0 bridgehead atoms. The van der Waals surface area contributed by atoms with Crippen molar-refractivity contribution >= 4 is 5.91 Å². The van der Waals surface area contributed by atoms with Gasteiger partial charge in [0.05, 0.1) is 0 Å². The lowest BCUT2D eigenvalue weighted by atomic mass is 9.86. The van der Waals surface area contributed by atoms with Gasteiger partial charge in [0.2, 0.25) is 0 Å². The van der Waals surface area contributed by atoms with Gasteiger partial charge in [0.15, 0.2) is 6.10 Å². The second kappa shape index (κ2) is 6.73. The first-order chi connectivity index (χ1) is 9.56. The Bertz CT molecular complexity index is 464. The molecule has 3 unspecified atom stereocenters. The summed E-state index contributed by atoms with van der Waals surface area (Å²) in [7, 11) is 0. The van der Waals surface area contributed by atoms with Crippen LogP contribution in [0.15, 0.2) is 24.3 Å². The smallest absolute Gasteiger partial charge is 0.261 e. The minimum absolute atomic E-state index is 0.131. The van der Waals surface area contributed by atoms with Crippen LogP contribution in [0.2, 0.25) is 0 Å². The molecule has 1 saturated carbocycles. The fourth-order valence-corrected chi connectivity index (χ4v) is 2.63. The highest BCUT2D eigenvalue weighted by Gasteiger charge is 2.25. The van der Waals surface area contributed by atoms with E-state index < -0.39 is 6.10 Å². The van der Waals surface area contributed by atoms with Crippen molar-refractivity contribution in [1.82, 2.24) is 5.32 Å². The Balaban J connectivity index is 1.88. The maximum Gasteiger partial charge on any atom is 0.261 e. The van der Waals surface area contributed by atoms with Gasteiger partial charge in [-0.1, -0.05) is 25.8 Å². The molecule has 110 valence electrons. The van der Waals surface area contributed by atoms with Gasteiger partial charge < -0.3 is 10.1 Å². The molecular formula is C16H22FNO2. The molecule has 1 aromatic carbocycles. The first kappa shape index (κ1) is 14.8. The molecule has 4 heteroatoms. The van der Waals surface area contributed by atoms with Crippen LogP contribution in [-0.2, 0) is 4.79 Å². The minimum atomic E-state index is -0.620. The van der Waals surface area contributed by atoms with E-state index in [-0.39, 0.29) is 17.8 Å². The van der Waals surface area contributed by atoms with Gasteiger partial charge in [0.25, 0.3) is 5.91 Å². The Labute approximate surface area is 119 Å². The summed E-state index contributed by atoms with van der Waals surface area (Å²) in [6.07, 6.45) is 3.96. The van der Waals surface area contributed by atoms with E-state index in [0.29, 0.717) is 11.7 Å². The van der Waals surface area contributed by atoms with Gasteiger partial charge in [-0.15, -0.1) is 0 Å². The summed E-state index contributed by atoms with van der Waals surface area (Å²) < 4.78 is 18.5. The summed E-state index contributed by atoms with van der Waals surface area (Å²) in [4.78, 5) is 12.1. The number of amides is 1. The van der Waals surface area contributed by atoms with Crippen LogP contribution in [0.25, 0.3) is 0 Å². The molecule has 0 saturated heterocycles. The average molecular weight is 279 g/mol. The molecule has 1 aliphatic carbocycles. The molecule has 0 aliphatic heterocycles. The summed E-state index contributed by atoms with van der Waals surface area (Å²) in [5.41, 5.74) is 0. The van der Waals surface area contributed by atoms with E-state index in [4.69, 9.17) is 4.74 Å². The van der Waals surface area contributed by atoms with E-state index >= 15 is 0 Å². The molecule has 1 fully saturated rings. The van der Waals surface area contributed by atoms with Crippen LogP contribution in [0.3, 0.4) is 0 Å². The van der Waals surface area contributed by atoms with Crippen LogP contribution >= 0.6 is 0 Å². The second-order valence-corrected chi connectivity index (χ2v) is 5.59. The molecule has 1 aliphatic rings. The van der Waals surface area contributed by atoms with E-state index in [2.05, 4.69) is 12.2 Å². The van der Waals surface area contributed by atoms with Gasteiger partial charge in [-0.05, 0) is 37.8 Å². The molecule has 20 heavy (non-hydrogen) atoms. The van der Waals surface area contributed by atoms with Gasteiger partial charge in [-0.2, -0.15) is 0 Å². The highest BCUT2D eigenvalue weighted by Crippen LogP contribution is 2.24. The van der Waals surface area contributed by atoms with E-state index in [1.54, 1.807) is 19.1 Å². The molecule has 3 nitrogen and oxygen atoms in total. The number of hydrogen-bond donors (Lipinski definition) is 1. The maximum atomic E-state index is 13.1. The first-order valence-electron chi connectivity index (χ1n) is 7.29. The lowest BCUT2D eigenvalue weighted by Crippen LogP contribution is -2.46. The first-order valence-corrected chi connectivity index (χ1v) is 7.29. The molecule has 2 rings (SSSR count). The Kier molecular flexibility index (Phi) is 4.99. The van der Waals surface area contributed by atoms with E-state index in [9.17, 15) is 9.18 Å². The lowest BCUT2D eigenvalue weighted by molar-refractivity contribution is -0.128. The predicted molar refractivity (Wildman–Crippen MR) is 76.1 cm³/mol. The van der Waals surface area contributed by atoms with Gasteiger partial charge in [-0.25, -0.2) is 4.39 Å². The highest BCUT2D eigenvalue weighted by atomic mass is 19.1. The molecule has 0 aromatic heterocycles. The fraction of sp³-hybridized carbons (Fsp3) is 0.562. The van der Waals surface area contributed by atoms with Crippen molar-refractivity contribution in [3.63, 3.8) is 0 Å². The number of rotatable bonds is 4. The number of benzene rings is 1. The highest BCUT2D eigenvalue weighted by molar-refractivity contribution is 5.81. The predicted octanol–water partition coefficient (Wildman–Crippen LogP) is 3.29. The zero-order valence-corrected chi connectivity index (χ0v) is 12.1. The Morgan fingerprint density at radius 3 is 2.85 bits per heavy atom. The Hall–Kier alpha value is -1.58. The summed E-state index contributed by atoms with van der Waals surface area (Å²) in [6.45, 7) is 3.86. The van der Waals surface area contributed by atoms with Crippen LogP contribution in [0.1, 0.15) is 39.5 Å². The van der Waals surface area contributed by atoms with Crippen LogP contribution in [0.4, 0.5) is 4.39 Å².